The van der Waals surface area contributed by atoms with Crippen LogP contribution in [0.1, 0.15) is 45.7 Å². The number of piperidine rings is 1. The second kappa shape index (κ2) is 8.97. The van der Waals surface area contributed by atoms with Gasteiger partial charge in [0.15, 0.2) is 11.5 Å². The number of carbonyl (C=O) groups is 2. The summed E-state index contributed by atoms with van der Waals surface area (Å²) in [4.78, 5) is 25.5. The largest absolute Gasteiger partial charge is 0.493 e. The van der Waals surface area contributed by atoms with Crippen LogP contribution in [0.4, 0.5) is 4.79 Å². The number of nitrogens with zero attached hydrogens (tertiary/aromatic N) is 1. The summed E-state index contributed by atoms with van der Waals surface area (Å²) in [5, 5.41) is 12.2. The van der Waals surface area contributed by atoms with E-state index >= 15 is 0 Å². The van der Waals surface area contributed by atoms with Gasteiger partial charge in [0.1, 0.15) is 0 Å². The van der Waals surface area contributed by atoms with Crippen LogP contribution < -0.4 is 14.8 Å². The van der Waals surface area contributed by atoms with Crippen molar-refractivity contribution in [3.05, 3.63) is 23.8 Å². The highest BCUT2D eigenvalue weighted by molar-refractivity contribution is 5.77. The molecule has 1 aromatic carbocycles. The highest BCUT2D eigenvalue weighted by Crippen LogP contribution is 2.31. The summed E-state index contributed by atoms with van der Waals surface area (Å²) in [5.74, 6) is 0.0671. The van der Waals surface area contributed by atoms with Crippen molar-refractivity contribution < 1.29 is 24.2 Å². The summed E-state index contributed by atoms with van der Waals surface area (Å²) in [7, 11) is 1.58. The molecule has 7 heteroatoms. The van der Waals surface area contributed by atoms with Gasteiger partial charge in [0.05, 0.1) is 25.2 Å². The van der Waals surface area contributed by atoms with Gasteiger partial charge in [-0.25, -0.2) is 4.79 Å². The maximum Gasteiger partial charge on any atom is 0.317 e. The number of aliphatic carboxylic acids is 1. The Hall–Kier alpha value is -2.44. The molecule has 0 aliphatic carbocycles. The maximum absolute atomic E-state index is 12.6. The van der Waals surface area contributed by atoms with E-state index in [1.54, 1.807) is 12.0 Å². The van der Waals surface area contributed by atoms with Crippen molar-refractivity contribution in [2.75, 3.05) is 20.2 Å². The summed E-state index contributed by atoms with van der Waals surface area (Å²) in [5.41, 5.74) is 0.885. The molecule has 1 fully saturated rings. The number of carboxylic acids is 1. The summed E-state index contributed by atoms with van der Waals surface area (Å²) >= 11 is 0. The van der Waals surface area contributed by atoms with Gasteiger partial charge in [-0.2, -0.15) is 0 Å². The highest BCUT2D eigenvalue weighted by atomic mass is 16.5. The molecule has 0 bridgehead atoms. The lowest BCUT2D eigenvalue weighted by atomic mass is 9.91. The van der Waals surface area contributed by atoms with Crippen LogP contribution in [0.5, 0.6) is 11.5 Å². The van der Waals surface area contributed by atoms with Crippen LogP contribution in [0.3, 0.4) is 0 Å². The number of amides is 2. The number of ether oxygens (including phenoxy) is 2. The van der Waals surface area contributed by atoms with Crippen LogP contribution in [0.15, 0.2) is 18.2 Å². The summed E-state index contributed by atoms with van der Waals surface area (Å²) < 4.78 is 11.1. The fourth-order valence-corrected chi connectivity index (χ4v) is 3.36. The second-order valence-electron chi connectivity index (χ2n) is 7.53. The number of carbonyl (C=O) groups excluding carboxylic acids is 1. The first-order valence-corrected chi connectivity index (χ1v) is 9.34. The molecule has 0 radical (unpaired) electrons. The topological polar surface area (TPSA) is 88.1 Å². The minimum Gasteiger partial charge on any atom is -0.493 e. The van der Waals surface area contributed by atoms with E-state index in [1.807, 2.05) is 45.9 Å². The average molecular weight is 378 g/mol. The lowest BCUT2D eigenvalue weighted by molar-refractivity contribution is -0.143. The van der Waals surface area contributed by atoms with Crippen molar-refractivity contribution in [1.82, 2.24) is 10.2 Å². The van der Waals surface area contributed by atoms with Crippen molar-refractivity contribution in [1.29, 1.82) is 0 Å². The molecule has 1 aliphatic rings. The number of methoxy groups -OCH3 is 1. The molecule has 0 spiro atoms. The van der Waals surface area contributed by atoms with Crippen LogP contribution in [0, 0.1) is 11.8 Å². The predicted octanol–water partition coefficient (Wildman–Crippen LogP) is 3.30. The summed E-state index contributed by atoms with van der Waals surface area (Å²) in [6.45, 7) is 8.55. The third kappa shape index (κ3) is 5.52. The number of nitrogens with one attached hydrogen (secondary N) is 1. The number of benzene rings is 1. The number of hydrogen-bond donors (Lipinski definition) is 2. The van der Waals surface area contributed by atoms with E-state index in [0.29, 0.717) is 24.5 Å². The zero-order chi connectivity index (χ0) is 20.1. The van der Waals surface area contributed by atoms with Crippen molar-refractivity contribution in [2.45, 2.75) is 46.3 Å². The van der Waals surface area contributed by atoms with E-state index in [2.05, 4.69) is 5.32 Å². The third-order valence-corrected chi connectivity index (χ3v) is 4.69. The smallest absolute Gasteiger partial charge is 0.317 e. The zero-order valence-corrected chi connectivity index (χ0v) is 16.7. The van der Waals surface area contributed by atoms with Gasteiger partial charge >= 0.3 is 12.0 Å². The molecule has 1 saturated heterocycles. The molecule has 27 heavy (non-hydrogen) atoms. The molecule has 3 unspecified atom stereocenters. The van der Waals surface area contributed by atoms with Crippen LogP contribution >= 0.6 is 0 Å². The van der Waals surface area contributed by atoms with E-state index in [0.717, 1.165) is 5.56 Å². The number of rotatable bonds is 6. The molecule has 2 amide bonds. The third-order valence-electron chi connectivity index (χ3n) is 4.69. The zero-order valence-electron chi connectivity index (χ0n) is 16.7. The molecule has 2 N–H and O–H groups in total. The standard InChI is InChI=1S/C20H30N2O5/c1-12(2)27-17-7-6-15(9-18(17)26-5)14(4)21-20(25)22-10-13(3)8-16(11-22)19(23)24/h6-7,9,12-14,16H,8,10-11H2,1-5H3,(H,21,25)(H,23,24). The van der Waals surface area contributed by atoms with Crippen molar-refractivity contribution in [3.63, 3.8) is 0 Å². The Labute approximate surface area is 160 Å². The molecular weight excluding hydrogens is 348 g/mol. The number of hydrogen-bond acceptors (Lipinski definition) is 4. The molecule has 1 aliphatic heterocycles. The summed E-state index contributed by atoms with van der Waals surface area (Å²) in [6.07, 6.45) is 0.633. The first-order valence-electron chi connectivity index (χ1n) is 9.34. The van der Waals surface area contributed by atoms with Crippen LogP contribution in [-0.4, -0.2) is 48.3 Å². The number of likely N-dealkylation sites (tertiary alicyclic amines) is 1. The minimum absolute atomic E-state index is 0.0325. The molecule has 0 aromatic heterocycles. The fourth-order valence-electron chi connectivity index (χ4n) is 3.36. The normalized spacial score (nSPS) is 20.9. The predicted molar refractivity (Wildman–Crippen MR) is 102 cm³/mol. The Morgan fingerprint density at radius 3 is 2.52 bits per heavy atom. The van der Waals surface area contributed by atoms with E-state index < -0.39 is 11.9 Å². The van der Waals surface area contributed by atoms with Crippen LogP contribution in [-0.2, 0) is 4.79 Å². The van der Waals surface area contributed by atoms with Gasteiger partial charge < -0.3 is 24.8 Å². The van der Waals surface area contributed by atoms with Gasteiger partial charge in [0.25, 0.3) is 0 Å². The first kappa shape index (κ1) is 20.9. The van der Waals surface area contributed by atoms with Crippen molar-refractivity contribution in [3.8, 4) is 11.5 Å². The molecule has 1 heterocycles. The Morgan fingerprint density at radius 1 is 1.22 bits per heavy atom. The number of urea groups is 1. The van der Waals surface area contributed by atoms with Gasteiger partial charge in [0.2, 0.25) is 0 Å². The van der Waals surface area contributed by atoms with E-state index in [9.17, 15) is 14.7 Å². The molecule has 150 valence electrons. The molecule has 2 rings (SSSR count). The molecule has 3 atom stereocenters. The van der Waals surface area contributed by atoms with Gasteiger partial charge in [-0.1, -0.05) is 13.0 Å². The lowest BCUT2D eigenvalue weighted by Crippen LogP contribution is -2.49. The highest BCUT2D eigenvalue weighted by Gasteiger charge is 2.32. The molecule has 7 nitrogen and oxygen atoms in total. The Morgan fingerprint density at radius 2 is 1.93 bits per heavy atom. The Kier molecular flexibility index (Phi) is 6.93. The molecular formula is C20H30N2O5. The van der Waals surface area contributed by atoms with Crippen molar-refractivity contribution >= 4 is 12.0 Å². The quantitative estimate of drug-likeness (QED) is 0.793. The van der Waals surface area contributed by atoms with E-state index in [1.165, 1.54) is 0 Å². The van der Waals surface area contributed by atoms with Gasteiger partial charge in [-0.3, -0.25) is 4.79 Å². The van der Waals surface area contributed by atoms with Crippen molar-refractivity contribution in [2.24, 2.45) is 11.8 Å². The van der Waals surface area contributed by atoms with E-state index in [4.69, 9.17) is 9.47 Å². The van der Waals surface area contributed by atoms with E-state index in [-0.39, 0.29) is 30.6 Å². The average Bonchev–Trinajstić information content (AvgIpc) is 2.60. The minimum atomic E-state index is -0.849. The van der Waals surface area contributed by atoms with Gasteiger partial charge in [-0.15, -0.1) is 0 Å². The fraction of sp³-hybridized carbons (Fsp3) is 0.600. The first-order chi connectivity index (χ1) is 12.7. The Balaban J connectivity index is 2.06. The molecule has 1 aromatic rings. The Bertz CT molecular complexity index is 676. The maximum atomic E-state index is 12.6. The van der Waals surface area contributed by atoms with Gasteiger partial charge in [-0.05, 0) is 50.8 Å². The lowest BCUT2D eigenvalue weighted by Gasteiger charge is -2.35. The van der Waals surface area contributed by atoms with Crippen LogP contribution in [0.2, 0.25) is 0 Å². The molecule has 0 saturated carbocycles. The number of carboxylic acid groups (broad SMARTS) is 1. The second-order valence-corrected chi connectivity index (χ2v) is 7.53. The SMILES string of the molecule is COc1cc(C(C)NC(=O)N2CC(C)CC(C(=O)O)C2)ccc1OC(C)C. The van der Waals surface area contributed by atoms with Gasteiger partial charge in [0, 0.05) is 13.1 Å². The summed E-state index contributed by atoms with van der Waals surface area (Å²) in [6, 6.07) is 5.08. The van der Waals surface area contributed by atoms with Crippen LogP contribution in [0.25, 0.3) is 0 Å². The monoisotopic (exact) mass is 378 g/mol.